The Balaban J connectivity index is 1.53. The first-order valence-electron chi connectivity index (χ1n) is 12.1. The fraction of sp³-hybridized carbons (Fsp3) is 0.880. The van der Waals surface area contributed by atoms with Crippen molar-refractivity contribution in [2.24, 2.45) is 40.4 Å². The van der Waals surface area contributed by atoms with Crippen LogP contribution in [0.25, 0.3) is 0 Å². The molecule has 1 N–H and O–H groups in total. The normalized spacial score (nSPS) is 46.3. The van der Waals surface area contributed by atoms with Gasteiger partial charge < -0.3 is 14.6 Å². The summed E-state index contributed by atoms with van der Waals surface area (Å²) in [5.74, 6) is 0.797. The van der Waals surface area contributed by atoms with Gasteiger partial charge in [-0.3, -0.25) is 14.4 Å². The predicted octanol–water partition coefficient (Wildman–Crippen LogP) is 3.68. The summed E-state index contributed by atoms with van der Waals surface area (Å²) >= 11 is 0. The molecule has 0 aromatic carbocycles. The zero-order chi connectivity index (χ0) is 22.6. The molecule has 0 aromatic heterocycles. The molecule has 0 radical (unpaired) electrons. The molecule has 0 unspecified atom stereocenters. The van der Waals surface area contributed by atoms with Gasteiger partial charge in [0.15, 0.2) is 5.78 Å². The number of carbonyl (C=O) groups excluding carboxylic acids is 3. The number of rotatable bonds is 4. The van der Waals surface area contributed by atoms with Gasteiger partial charge >= 0.3 is 11.9 Å². The highest BCUT2D eigenvalue weighted by molar-refractivity contribution is 5.85. The van der Waals surface area contributed by atoms with Crippen molar-refractivity contribution >= 4 is 17.7 Å². The van der Waals surface area contributed by atoms with E-state index in [9.17, 15) is 19.5 Å². The summed E-state index contributed by atoms with van der Waals surface area (Å²) in [6.07, 6.45) is 6.98. The van der Waals surface area contributed by atoms with E-state index in [0.717, 1.165) is 44.9 Å². The fourth-order valence-corrected chi connectivity index (χ4v) is 8.49. The summed E-state index contributed by atoms with van der Waals surface area (Å²) in [6.45, 7) is 7.20. The lowest BCUT2D eigenvalue weighted by molar-refractivity contribution is -0.185. The monoisotopic (exact) mass is 434 g/mol. The molecule has 4 aliphatic carbocycles. The number of ether oxygens (including phenoxy) is 2. The molecule has 4 rings (SSSR count). The van der Waals surface area contributed by atoms with E-state index in [2.05, 4.69) is 13.8 Å². The number of aliphatic hydroxyl groups is 1. The van der Waals surface area contributed by atoms with Gasteiger partial charge in [-0.05, 0) is 85.9 Å². The van der Waals surface area contributed by atoms with E-state index in [0.29, 0.717) is 24.2 Å². The second-order valence-electron chi connectivity index (χ2n) is 11.2. The molecule has 0 aliphatic heterocycles. The second kappa shape index (κ2) is 8.17. The standard InChI is InChI=1S/C25H38O6/c1-14(26)30-13-22(29)20-8-7-19-18-6-5-16-11-17(31-15(2)27)9-10-24(16,3)23(18)21(28)12-25(19,20)4/h16-21,23,28H,5-13H2,1-4H3/t16-,17+,18+,19+,20-,21-,23-,24+,25+/m1/s1. The van der Waals surface area contributed by atoms with Crippen molar-refractivity contribution in [1.82, 2.24) is 0 Å². The number of ketones is 1. The van der Waals surface area contributed by atoms with Gasteiger partial charge in [0.1, 0.15) is 12.7 Å². The van der Waals surface area contributed by atoms with Crippen LogP contribution in [0.15, 0.2) is 0 Å². The first-order valence-corrected chi connectivity index (χ1v) is 12.1. The molecular weight excluding hydrogens is 396 g/mol. The van der Waals surface area contributed by atoms with Gasteiger partial charge in [-0.2, -0.15) is 0 Å². The van der Waals surface area contributed by atoms with E-state index in [1.54, 1.807) is 0 Å². The summed E-state index contributed by atoms with van der Waals surface area (Å²) < 4.78 is 10.6. The Kier molecular flexibility index (Phi) is 5.99. The molecule has 0 bridgehead atoms. The Morgan fingerprint density at radius 2 is 1.71 bits per heavy atom. The van der Waals surface area contributed by atoms with Crippen molar-refractivity contribution in [2.75, 3.05) is 6.61 Å². The van der Waals surface area contributed by atoms with Crippen LogP contribution in [-0.4, -0.2) is 41.6 Å². The lowest BCUT2D eigenvalue weighted by Crippen LogP contribution is -2.59. The molecule has 4 saturated carbocycles. The predicted molar refractivity (Wildman–Crippen MR) is 114 cm³/mol. The maximum absolute atomic E-state index is 12.9. The van der Waals surface area contributed by atoms with Crippen LogP contribution in [0.5, 0.6) is 0 Å². The minimum atomic E-state index is -0.425. The summed E-state index contributed by atoms with van der Waals surface area (Å²) in [5, 5.41) is 11.5. The van der Waals surface area contributed by atoms with E-state index in [4.69, 9.17) is 9.47 Å². The Labute approximate surface area is 185 Å². The second-order valence-corrected chi connectivity index (χ2v) is 11.2. The SMILES string of the molecule is CC(=O)OCC(=O)[C@H]1CC[C@H]2[C@@H]3CC[C@@H]4C[C@@H](OC(C)=O)CC[C@]4(C)[C@H]3[C@H](O)C[C@]12C. The molecule has 0 amide bonds. The van der Waals surface area contributed by atoms with Gasteiger partial charge in [-0.1, -0.05) is 13.8 Å². The van der Waals surface area contributed by atoms with Crippen LogP contribution in [0.2, 0.25) is 0 Å². The topological polar surface area (TPSA) is 89.9 Å². The largest absolute Gasteiger partial charge is 0.463 e. The summed E-state index contributed by atoms with van der Waals surface area (Å²) in [7, 11) is 0. The molecule has 0 heterocycles. The van der Waals surface area contributed by atoms with Crippen molar-refractivity contribution < 1.29 is 29.0 Å². The number of hydrogen-bond donors (Lipinski definition) is 1. The van der Waals surface area contributed by atoms with Crippen molar-refractivity contribution in [3.63, 3.8) is 0 Å². The van der Waals surface area contributed by atoms with E-state index in [1.165, 1.54) is 13.8 Å². The number of esters is 2. The highest BCUT2D eigenvalue weighted by atomic mass is 16.5. The maximum Gasteiger partial charge on any atom is 0.303 e. The van der Waals surface area contributed by atoms with Crippen molar-refractivity contribution in [1.29, 1.82) is 0 Å². The molecular formula is C25H38O6. The summed E-state index contributed by atoms with van der Waals surface area (Å²) in [5.41, 5.74) is -0.171. The number of fused-ring (bicyclic) bond motifs is 5. The minimum absolute atomic E-state index is 0.00707. The Morgan fingerprint density at radius 1 is 0.968 bits per heavy atom. The first-order chi connectivity index (χ1) is 14.6. The van der Waals surface area contributed by atoms with Crippen LogP contribution in [0.4, 0.5) is 0 Å². The van der Waals surface area contributed by atoms with E-state index in [1.807, 2.05) is 0 Å². The van der Waals surface area contributed by atoms with Crippen LogP contribution in [0.1, 0.15) is 79.1 Å². The highest BCUT2D eigenvalue weighted by Crippen LogP contribution is 2.67. The van der Waals surface area contributed by atoms with Crippen molar-refractivity contribution in [3.8, 4) is 0 Å². The lowest BCUT2D eigenvalue weighted by Gasteiger charge is -2.62. The third kappa shape index (κ3) is 3.83. The molecule has 6 heteroatoms. The highest BCUT2D eigenvalue weighted by Gasteiger charge is 2.64. The third-order valence-corrected chi connectivity index (χ3v) is 9.68. The zero-order valence-electron chi connectivity index (χ0n) is 19.4. The Morgan fingerprint density at radius 3 is 2.39 bits per heavy atom. The van der Waals surface area contributed by atoms with E-state index >= 15 is 0 Å². The van der Waals surface area contributed by atoms with E-state index < -0.39 is 12.1 Å². The maximum atomic E-state index is 12.9. The van der Waals surface area contributed by atoms with Crippen LogP contribution in [0, 0.1) is 40.4 Å². The van der Waals surface area contributed by atoms with Gasteiger partial charge in [0.2, 0.25) is 0 Å². The fourth-order valence-electron chi connectivity index (χ4n) is 8.49. The molecule has 174 valence electrons. The lowest BCUT2D eigenvalue weighted by atomic mass is 9.44. The number of aliphatic hydroxyl groups excluding tert-OH is 1. The third-order valence-electron chi connectivity index (χ3n) is 9.68. The Hall–Kier alpha value is -1.43. The number of Topliss-reactive ketones (excluding diaryl/α,β-unsaturated/α-hetero) is 1. The van der Waals surface area contributed by atoms with Crippen LogP contribution in [0.3, 0.4) is 0 Å². The van der Waals surface area contributed by atoms with Crippen LogP contribution >= 0.6 is 0 Å². The zero-order valence-corrected chi connectivity index (χ0v) is 19.4. The first kappa shape index (κ1) is 22.8. The molecule has 9 atom stereocenters. The van der Waals surface area contributed by atoms with Crippen LogP contribution in [-0.2, 0) is 23.9 Å². The molecule has 4 aliphatic rings. The minimum Gasteiger partial charge on any atom is -0.463 e. The van der Waals surface area contributed by atoms with Crippen LogP contribution < -0.4 is 0 Å². The molecule has 0 aromatic rings. The quantitative estimate of drug-likeness (QED) is 0.679. The average molecular weight is 435 g/mol. The van der Waals surface area contributed by atoms with Crippen molar-refractivity contribution in [2.45, 2.75) is 91.3 Å². The average Bonchev–Trinajstić information content (AvgIpc) is 3.02. The molecule has 0 spiro atoms. The molecule has 6 nitrogen and oxygen atoms in total. The summed E-state index contributed by atoms with van der Waals surface area (Å²) in [4.78, 5) is 35.5. The molecule has 0 saturated heterocycles. The van der Waals surface area contributed by atoms with Gasteiger partial charge in [0.05, 0.1) is 6.10 Å². The Bertz CT molecular complexity index is 748. The number of hydrogen-bond acceptors (Lipinski definition) is 6. The smallest absolute Gasteiger partial charge is 0.303 e. The summed E-state index contributed by atoms with van der Waals surface area (Å²) in [6, 6.07) is 0. The van der Waals surface area contributed by atoms with Crippen molar-refractivity contribution in [3.05, 3.63) is 0 Å². The number of carbonyl (C=O) groups is 3. The van der Waals surface area contributed by atoms with Gasteiger partial charge in [-0.15, -0.1) is 0 Å². The molecule has 4 fully saturated rings. The molecule has 31 heavy (non-hydrogen) atoms. The van der Waals surface area contributed by atoms with Gasteiger partial charge in [-0.25, -0.2) is 0 Å². The van der Waals surface area contributed by atoms with E-state index in [-0.39, 0.29) is 47.1 Å². The van der Waals surface area contributed by atoms with Gasteiger partial charge in [0, 0.05) is 19.8 Å². The van der Waals surface area contributed by atoms with Gasteiger partial charge in [0.25, 0.3) is 0 Å².